The van der Waals surface area contributed by atoms with Gasteiger partial charge in [0.2, 0.25) is 5.91 Å². The van der Waals surface area contributed by atoms with Crippen LogP contribution in [0.2, 0.25) is 0 Å². The van der Waals surface area contributed by atoms with E-state index >= 15 is 0 Å². The molecule has 3 rings (SSSR count). The Bertz CT molecular complexity index is 958. The normalized spacial score (nSPS) is 10.3. The highest BCUT2D eigenvalue weighted by Gasteiger charge is 2.05. The smallest absolute Gasteiger partial charge is 0.251 e. The summed E-state index contributed by atoms with van der Waals surface area (Å²) in [6.07, 6.45) is 0.898. The van der Waals surface area contributed by atoms with Crippen molar-refractivity contribution in [3.05, 3.63) is 95.8 Å². The van der Waals surface area contributed by atoms with Gasteiger partial charge in [0.05, 0.1) is 0 Å². The molecule has 0 aliphatic carbocycles. The Balaban J connectivity index is 1.34. The standard InChI is InChI=1S/C24H23FN2O3/c25-20-10-14-22(15-11-20)30-21-12-8-18(9-13-21)17-27-23(28)7-4-16-26-24(29)19-5-2-1-3-6-19/h1-3,5-6,8-15H,4,7,16-17H2,(H,26,29)(H,27,28). The van der Waals surface area contributed by atoms with Gasteiger partial charge >= 0.3 is 0 Å². The summed E-state index contributed by atoms with van der Waals surface area (Å²) in [5.41, 5.74) is 1.54. The van der Waals surface area contributed by atoms with Crippen LogP contribution in [0.1, 0.15) is 28.8 Å². The van der Waals surface area contributed by atoms with Gasteiger partial charge in [0, 0.05) is 25.1 Å². The Hall–Kier alpha value is -3.67. The fourth-order valence-corrected chi connectivity index (χ4v) is 2.75. The molecule has 0 aliphatic rings. The zero-order chi connectivity index (χ0) is 21.2. The number of amides is 2. The molecular formula is C24H23FN2O3. The van der Waals surface area contributed by atoms with E-state index in [0.29, 0.717) is 43.0 Å². The average molecular weight is 406 g/mol. The van der Waals surface area contributed by atoms with Crippen molar-refractivity contribution in [3.63, 3.8) is 0 Å². The van der Waals surface area contributed by atoms with E-state index in [1.165, 1.54) is 12.1 Å². The molecule has 2 amide bonds. The molecule has 0 aliphatic heterocycles. The molecule has 0 bridgehead atoms. The highest BCUT2D eigenvalue weighted by molar-refractivity contribution is 5.94. The van der Waals surface area contributed by atoms with Crippen LogP contribution in [-0.4, -0.2) is 18.4 Å². The SMILES string of the molecule is O=C(CCCNC(=O)c1ccccc1)NCc1ccc(Oc2ccc(F)cc2)cc1. The van der Waals surface area contributed by atoms with Crippen molar-refractivity contribution >= 4 is 11.8 Å². The van der Waals surface area contributed by atoms with Crippen LogP contribution in [0.15, 0.2) is 78.9 Å². The molecule has 3 aromatic rings. The minimum Gasteiger partial charge on any atom is -0.457 e. The van der Waals surface area contributed by atoms with Gasteiger partial charge in [-0.1, -0.05) is 30.3 Å². The van der Waals surface area contributed by atoms with Gasteiger partial charge in [-0.25, -0.2) is 4.39 Å². The van der Waals surface area contributed by atoms with Crippen molar-refractivity contribution in [2.45, 2.75) is 19.4 Å². The Morgan fingerprint density at radius 1 is 0.800 bits per heavy atom. The van der Waals surface area contributed by atoms with Gasteiger partial charge in [-0.05, 0) is 60.5 Å². The molecule has 0 heterocycles. The number of carbonyl (C=O) groups is 2. The van der Waals surface area contributed by atoms with Crippen molar-refractivity contribution in [2.75, 3.05) is 6.54 Å². The number of hydrogen-bond donors (Lipinski definition) is 2. The number of nitrogens with one attached hydrogen (secondary N) is 2. The number of rotatable bonds is 9. The summed E-state index contributed by atoms with van der Waals surface area (Å²) in [6.45, 7) is 0.850. The van der Waals surface area contributed by atoms with Crippen molar-refractivity contribution in [1.29, 1.82) is 0 Å². The van der Waals surface area contributed by atoms with Crippen molar-refractivity contribution in [1.82, 2.24) is 10.6 Å². The van der Waals surface area contributed by atoms with E-state index in [-0.39, 0.29) is 17.6 Å². The summed E-state index contributed by atoms with van der Waals surface area (Å²) in [6, 6.07) is 22.1. The fraction of sp³-hybridized carbons (Fsp3) is 0.167. The Labute approximate surface area is 174 Å². The van der Waals surface area contributed by atoms with Crippen molar-refractivity contribution in [2.24, 2.45) is 0 Å². The third-order valence-electron chi connectivity index (χ3n) is 4.36. The minimum absolute atomic E-state index is 0.0735. The lowest BCUT2D eigenvalue weighted by Gasteiger charge is -2.08. The van der Waals surface area contributed by atoms with Gasteiger partial charge in [0.1, 0.15) is 17.3 Å². The Morgan fingerprint density at radius 2 is 1.43 bits per heavy atom. The van der Waals surface area contributed by atoms with Crippen LogP contribution in [0.4, 0.5) is 4.39 Å². The first kappa shape index (κ1) is 21.0. The van der Waals surface area contributed by atoms with Crippen LogP contribution in [0.5, 0.6) is 11.5 Å². The van der Waals surface area contributed by atoms with Crippen LogP contribution in [0.25, 0.3) is 0 Å². The largest absolute Gasteiger partial charge is 0.457 e. The number of benzene rings is 3. The van der Waals surface area contributed by atoms with Gasteiger partial charge in [-0.3, -0.25) is 9.59 Å². The van der Waals surface area contributed by atoms with Gasteiger partial charge in [-0.15, -0.1) is 0 Å². The molecule has 0 fully saturated rings. The van der Waals surface area contributed by atoms with Crippen LogP contribution < -0.4 is 15.4 Å². The van der Waals surface area contributed by atoms with Crippen LogP contribution in [0.3, 0.4) is 0 Å². The van der Waals surface area contributed by atoms with Crippen molar-refractivity contribution < 1.29 is 18.7 Å². The Morgan fingerprint density at radius 3 is 2.10 bits per heavy atom. The first-order valence-corrected chi connectivity index (χ1v) is 9.72. The van der Waals surface area contributed by atoms with E-state index in [4.69, 9.17) is 4.74 Å². The molecule has 0 aromatic heterocycles. The second-order valence-corrected chi connectivity index (χ2v) is 6.70. The quantitative estimate of drug-likeness (QED) is 0.516. The van der Waals surface area contributed by atoms with E-state index in [9.17, 15) is 14.0 Å². The highest BCUT2D eigenvalue weighted by Crippen LogP contribution is 2.21. The summed E-state index contributed by atoms with van der Waals surface area (Å²) in [7, 11) is 0. The molecule has 0 saturated carbocycles. The molecule has 2 N–H and O–H groups in total. The minimum atomic E-state index is -0.313. The maximum atomic E-state index is 12.9. The second kappa shape index (κ2) is 10.8. The van der Waals surface area contributed by atoms with E-state index in [0.717, 1.165) is 5.56 Å². The highest BCUT2D eigenvalue weighted by atomic mass is 19.1. The average Bonchev–Trinajstić information content (AvgIpc) is 2.78. The third kappa shape index (κ3) is 6.74. The summed E-state index contributed by atoms with van der Waals surface area (Å²) >= 11 is 0. The molecule has 0 spiro atoms. The molecule has 154 valence electrons. The zero-order valence-electron chi connectivity index (χ0n) is 16.4. The predicted octanol–water partition coefficient (Wildman–Crippen LogP) is 4.44. The van der Waals surface area contributed by atoms with Crippen LogP contribution >= 0.6 is 0 Å². The first-order chi connectivity index (χ1) is 14.6. The van der Waals surface area contributed by atoms with Crippen LogP contribution in [0, 0.1) is 5.82 Å². The maximum Gasteiger partial charge on any atom is 0.251 e. The lowest BCUT2D eigenvalue weighted by molar-refractivity contribution is -0.121. The molecule has 5 nitrogen and oxygen atoms in total. The summed E-state index contributed by atoms with van der Waals surface area (Å²) < 4.78 is 18.6. The molecular weight excluding hydrogens is 383 g/mol. The maximum absolute atomic E-state index is 12.9. The van der Waals surface area contributed by atoms with Gasteiger partial charge in [-0.2, -0.15) is 0 Å². The third-order valence-corrected chi connectivity index (χ3v) is 4.36. The van der Waals surface area contributed by atoms with E-state index in [1.54, 1.807) is 36.4 Å². The van der Waals surface area contributed by atoms with Crippen molar-refractivity contribution in [3.8, 4) is 11.5 Å². The monoisotopic (exact) mass is 406 g/mol. The molecule has 3 aromatic carbocycles. The molecule has 0 unspecified atom stereocenters. The number of ether oxygens (including phenoxy) is 1. The van der Waals surface area contributed by atoms with E-state index < -0.39 is 0 Å². The zero-order valence-corrected chi connectivity index (χ0v) is 16.4. The van der Waals surface area contributed by atoms with Gasteiger partial charge < -0.3 is 15.4 Å². The lowest BCUT2D eigenvalue weighted by atomic mass is 10.2. The number of hydrogen-bond acceptors (Lipinski definition) is 3. The van der Waals surface area contributed by atoms with E-state index in [1.807, 2.05) is 30.3 Å². The summed E-state index contributed by atoms with van der Waals surface area (Å²) in [4.78, 5) is 23.9. The molecule has 0 saturated heterocycles. The lowest BCUT2D eigenvalue weighted by Crippen LogP contribution is -2.27. The predicted molar refractivity (Wildman–Crippen MR) is 113 cm³/mol. The fourth-order valence-electron chi connectivity index (χ4n) is 2.75. The van der Waals surface area contributed by atoms with Gasteiger partial charge in [0.25, 0.3) is 5.91 Å². The second-order valence-electron chi connectivity index (χ2n) is 6.70. The summed E-state index contributed by atoms with van der Waals surface area (Å²) in [5, 5.41) is 5.66. The number of halogens is 1. The summed E-state index contributed by atoms with van der Waals surface area (Å²) in [5.74, 6) is 0.657. The Kier molecular flexibility index (Phi) is 7.55. The molecule has 0 radical (unpaired) electrons. The molecule has 0 atom stereocenters. The van der Waals surface area contributed by atoms with E-state index in [2.05, 4.69) is 10.6 Å². The topological polar surface area (TPSA) is 67.4 Å². The van der Waals surface area contributed by atoms with Crippen LogP contribution in [-0.2, 0) is 11.3 Å². The first-order valence-electron chi connectivity index (χ1n) is 9.72. The van der Waals surface area contributed by atoms with Gasteiger partial charge in [0.15, 0.2) is 0 Å². The number of carbonyl (C=O) groups excluding carboxylic acids is 2. The molecule has 30 heavy (non-hydrogen) atoms. The molecule has 6 heteroatoms.